The lowest BCUT2D eigenvalue weighted by Gasteiger charge is -2.26. The molecule has 0 unspecified atom stereocenters. The molecule has 1 saturated heterocycles. The highest BCUT2D eigenvalue weighted by atomic mass is 127. The van der Waals surface area contributed by atoms with E-state index in [9.17, 15) is 4.79 Å². The van der Waals surface area contributed by atoms with Crippen molar-refractivity contribution in [2.24, 2.45) is 4.99 Å². The van der Waals surface area contributed by atoms with Gasteiger partial charge in [-0.05, 0) is 32.4 Å². The molecular weight excluding hydrogens is 471 g/mol. The summed E-state index contributed by atoms with van der Waals surface area (Å²) in [6, 6.07) is 5.57. The Morgan fingerprint density at radius 1 is 1.29 bits per heavy atom. The lowest BCUT2D eigenvalue weighted by Crippen LogP contribution is -2.39. The molecule has 0 spiro atoms. The normalized spacial score (nSPS) is 14.9. The number of anilines is 1. The minimum atomic E-state index is -0.0660. The van der Waals surface area contributed by atoms with Crippen LogP contribution in [0.4, 0.5) is 5.82 Å². The molecule has 28 heavy (non-hydrogen) atoms. The van der Waals surface area contributed by atoms with Gasteiger partial charge in [0, 0.05) is 51.4 Å². The number of hydrogen-bond acceptors (Lipinski definition) is 5. The monoisotopic (exact) mass is 504 g/mol. The number of aromatic nitrogens is 1. The summed E-state index contributed by atoms with van der Waals surface area (Å²) in [6.07, 6.45) is 1.36. The molecule has 0 aliphatic carbocycles. The van der Waals surface area contributed by atoms with Crippen LogP contribution in [0.2, 0.25) is 0 Å². The minimum Gasteiger partial charge on any atom is -0.379 e. The van der Waals surface area contributed by atoms with Gasteiger partial charge >= 0.3 is 0 Å². The van der Waals surface area contributed by atoms with E-state index >= 15 is 0 Å². The molecule has 2 rings (SSSR count). The van der Waals surface area contributed by atoms with Gasteiger partial charge in [-0.3, -0.25) is 14.7 Å². The van der Waals surface area contributed by atoms with Crippen LogP contribution in [0.3, 0.4) is 0 Å². The maximum Gasteiger partial charge on any atom is 0.227 e. The van der Waals surface area contributed by atoms with Crippen molar-refractivity contribution in [3.8, 4) is 0 Å². The van der Waals surface area contributed by atoms with Crippen LogP contribution in [0.15, 0.2) is 23.2 Å². The topological polar surface area (TPSA) is 90.9 Å². The van der Waals surface area contributed by atoms with E-state index in [1.807, 2.05) is 26.0 Å². The van der Waals surface area contributed by atoms with Crippen molar-refractivity contribution >= 4 is 41.7 Å². The van der Waals surface area contributed by atoms with E-state index in [1.54, 1.807) is 6.07 Å². The molecule has 0 bridgehead atoms. The number of nitrogens with zero attached hydrogens (tertiary/aromatic N) is 3. The third kappa shape index (κ3) is 10.2. The van der Waals surface area contributed by atoms with Crippen LogP contribution >= 0.6 is 24.0 Å². The largest absolute Gasteiger partial charge is 0.379 e. The molecule has 3 N–H and O–H groups in total. The Hall–Kier alpha value is -1.46. The number of aliphatic imine (C=N–C) groups is 1. The number of hydrogen-bond donors (Lipinski definition) is 3. The molecule has 9 heteroatoms. The van der Waals surface area contributed by atoms with Gasteiger partial charge in [-0.1, -0.05) is 6.07 Å². The Morgan fingerprint density at radius 2 is 2.07 bits per heavy atom. The van der Waals surface area contributed by atoms with E-state index in [1.165, 1.54) is 0 Å². The van der Waals surface area contributed by atoms with Gasteiger partial charge in [0.25, 0.3) is 0 Å². The summed E-state index contributed by atoms with van der Waals surface area (Å²) in [5.41, 5.74) is 0.879. The number of guanidine groups is 1. The second kappa shape index (κ2) is 14.5. The molecule has 1 aromatic rings. The van der Waals surface area contributed by atoms with Crippen molar-refractivity contribution in [1.29, 1.82) is 0 Å². The van der Waals surface area contributed by atoms with E-state index in [4.69, 9.17) is 4.74 Å². The number of carbonyl (C=O) groups excluding carboxylic acids is 1. The Bertz CT molecular complexity index is 608. The Morgan fingerprint density at radius 3 is 2.79 bits per heavy atom. The molecule has 8 nitrogen and oxygen atoms in total. The van der Waals surface area contributed by atoms with Gasteiger partial charge in [-0.25, -0.2) is 4.98 Å². The Labute approximate surface area is 184 Å². The molecule has 0 saturated carbocycles. The standard InChI is InChI=1S/C19H32N6O2.HI/c1-3-20-19(21-9-5-11-25-12-14-27-15-13-25)22-10-8-18(26)24-17-7-4-6-16(2)23-17;/h4,6-7H,3,5,8-15H2,1-2H3,(H2,20,21,22)(H,23,24,26);1H. The zero-order valence-corrected chi connectivity index (χ0v) is 19.2. The third-order valence-corrected chi connectivity index (χ3v) is 4.15. The highest BCUT2D eigenvalue weighted by molar-refractivity contribution is 14.0. The summed E-state index contributed by atoms with van der Waals surface area (Å²) < 4.78 is 5.36. The van der Waals surface area contributed by atoms with Crippen molar-refractivity contribution in [2.45, 2.75) is 26.7 Å². The zero-order valence-electron chi connectivity index (χ0n) is 16.9. The molecule has 2 heterocycles. The lowest BCUT2D eigenvalue weighted by atomic mass is 10.3. The Balaban J connectivity index is 0.00000392. The highest BCUT2D eigenvalue weighted by Gasteiger charge is 2.09. The van der Waals surface area contributed by atoms with Gasteiger partial charge in [0.1, 0.15) is 5.82 Å². The first-order chi connectivity index (χ1) is 13.2. The van der Waals surface area contributed by atoms with Crippen molar-refractivity contribution in [1.82, 2.24) is 20.5 Å². The van der Waals surface area contributed by atoms with Gasteiger partial charge in [-0.15, -0.1) is 24.0 Å². The van der Waals surface area contributed by atoms with Crippen LogP contribution in [0, 0.1) is 6.92 Å². The number of aryl methyl sites for hydroxylation is 1. The molecule has 1 aromatic heterocycles. The first-order valence-electron chi connectivity index (χ1n) is 9.73. The smallest absolute Gasteiger partial charge is 0.227 e. The highest BCUT2D eigenvalue weighted by Crippen LogP contribution is 2.04. The van der Waals surface area contributed by atoms with Gasteiger partial charge in [0.05, 0.1) is 13.2 Å². The summed E-state index contributed by atoms with van der Waals surface area (Å²) >= 11 is 0. The van der Waals surface area contributed by atoms with E-state index in [0.717, 1.165) is 64.0 Å². The van der Waals surface area contributed by atoms with Crippen molar-refractivity contribution in [2.75, 3.05) is 57.8 Å². The molecule has 158 valence electrons. The first kappa shape index (κ1) is 24.6. The SMILES string of the molecule is CCNC(=NCCCN1CCOCC1)NCCC(=O)Nc1cccc(C)n1.I. The second-order valence-corrected chi connectivity index (χ2v) is 6.46. The van der Waals surface area contributed by atoms with Crippen LogP contribution in [0.5, 0.6) is 0 Å². The second-order valence-electron chi connectivity index (χ2n) is 6.46. The molecular formula is C19H33IN6O2. The number of rotatable bonds is 9. The average Bonchev–Trinajstić information content (AvgIpc) is 2.66. The van der Waals surface area contributed by atoms with E-state index in [0.29, 0.717) is 18.8 Å². The number of carbonyl (C=O) groups is 1. The molecule has 1 aliphatic rings. The van der Waals surface area contributed by atoms with Gasteiger partial charge in [0.15, 0.2) is 5.96 Å². The van der Waals surface area contributed by atoms with Gasteiger partial charge < -0.3 is 20.7 Å². The van der Waals surface area contributed by atoms with E-state index < -0.39 is 0 Å². The van der Waals surface area contributed by atoms with Crippen LogP contribution in [-0.4, -0.2) is 74.2 Å². The van der Waals surface area contributed by atoms with Crippen LogP contribution in [-0.2, 0) is 9.53 Å². The number of amides is 1. The predicted molar refractivity (Wildman–Crippen MR) is 123 cm³/mol. The maximum absolute atomic E-state index is 12.0. The Kier molecular flexibility index (Phi) is 12.8. The number of morpholine rings is 1. The number of pyridine rings is 1. The molecule has 0 radical (unpaired) electrons. The predicted octanol–water partition coefficient (Wildman–Crippen LogP) is 1.61. The molecule has 0 atom stereocenters. The third-order valence-electron chi connectivity index (χ3n) is 4.15. The first-order valence-corrected chi connectivity index (χ1v) is 9.73. The molecule has 1 fully saturated rings. The van der Waals surface area contributed by atoms with Crippen LogP contribution in [0.25, 0.3) is 0 Å². The number of nitrogens with one attached hydrogen (secondary N) is 3. The summed E-state index contributed by atoms with van der Waals surface area (Å²) in [7, 11) is 0. The summed E-state index contributed by atoms with van der Waals surface area (Å²) in [4.78, 5) is 23.3. The summed E-state index contributed by atoms with van der Waals surface area (Å²) in [6.45, 7) is 10.7. The molecule has 1 amide bonds. The quantitative estimate of drug-likeness (QED) is 0.205. The average molecular weight is 504 g/mol. The van der Waals surface area contributed by atoms with Crippen LogP contribution < -0.4 is 16.0 Å². The van der Waals surface area contributed by atoms with Crippen molar-refractivity contribution in [3.63, 3.8) is 0 Å². The van der Waals surface area contributed by atoms with E-state index in [-0.39, 0.29) is 29.9 Å². The minimum absolute atomic E-state index is 0. The lowest BCUT2D eigenvalue weighted by molar-refractivity contribution is -0.116. The fourth-order valence-corrected chi connectivity index (χ4v) is 2.76. The summed E-state index contributed by atoms with van der Waals surface area (Å²) in [5.74, 6) is 1.27. The molecule has 1 aliphatic heterocycles. The zero-order chi connectivity index (χ0) is 19.3. The van der Waals surface area contributed by atoms with Crippen molar-refractivity contribution in [3.05, 3.63) is 23.9 Å². The van der Waals surface area contributed by atoms with E-state index in [2.05, 4.69) is 30.8 Å². The van der Waals surface area contributed by atoms with Crippen LogP contribution in [0.1, 0.15) is 25.5 Å². The number of halogens is 1. The van der Waals surface area contributed by atoms with Crippen molar-refractivity contribution < 1.29 is 9.53 Å². The summed E-state index contributed by atoms with van der Waals surface area (Å²) in [5, 5.41) is 9.24. The van der Waals surface area contributed by atoms with Gasteiger partial charge in [-0.2, -0.15) is 0 Å². The van der Waals surface area contributed by atoms with Gasteiger partial charge in [0.2, 0.25) is 5.91 Å². The fourth-order valence-electron chi connectivity index (χ4n) is 2.76. The fraction of sp³-hybridized carbons (Fsp3) is 0.632. The molecule has 0 aromatic carbocycles. The maximum atomic E-state index is 12.0. The number of ether oxygens (including phenoxy) is 1.